The summed E-state index contributed by atoms with van der Waals surface area (Å²) in [6.07, 6.45) is 0.518. The summed E-state index contributed by atoms with van der Waals surface area (Å²) in [4.78, 5) is 15.7. The van der Waals surface area contributed by atoms with E-state index < -0.39 is 6.04 Å². The van der Waals surface area contributed by atoms with Crippen molar-refractivity contribution in [1.29, 1.82) is 0 Å². The molecule has 3 N–H and O–H groups in total. The van der Waals surface area contributed by atoms with E-state index >= 15 is 0 Å². The van der Waals surface area contributed by atoms with E-state index in [-0.39, 0.29) is 17.8 Å². The van der Waals surface area contributed by atoms with Crippen molar-refractivity contribution in [2.45, 2.75) is 18.5 Å². The number of aromatic nitrogens is 1. The van der Waals surface area contributed by atoms with E-state index in [9.17, 15) is 9.90 Å². The number of fused-ring (bicyclic) bond motifs is 3. The van der Waals surface area contributed by atoms with Crippen molar-refractivity contribution in [3.8, 4) is 11.5 Å². The number of rotatable bonds is 3. The molecule has 0 spiro atoms. The molecule has 2 aromatic carbocycles. The zero-order valence-electron chi connectivity index (χ0n) is 14.6. The van der Waals surface area contributed by atoms with Gasteiger partial charge in [0, 0.05) is 23.0 Å². The predicted octanol–water partition coefficient (Wildman–Crippen LogP) is 2.66. The standard InChI is InChI=1S/C20H20N2O4/c1-25-13-6-7-16-14(9-13)15-10-17(20(24)26-2)22-18(19(15)21-16)11-4-3-5-12(23)8-11/h3-9,17-18,21-23H,10H2,1-2H3. The van der Waals surface area contributed by atoms with Crippen molar-refractivity contribution >= 4 is 16.9 Å². The number of aromatic hydroxyl groups is 1. The monoisotopic (exact) mass is 352 g/mol. The van der Waals surface area contributed by atoms with Crippen LogP contribution in [-0.2, 0) is 16.0 Å². The zero-order valence-corrected chi connectivity index (χ0v) is 14.6. The highest BCUT2D eigenvalue weighted by molar-refractivity contribution is 5.88. The maximum atomic E-state index is 12.2. The first-order valence-electron chi connectivity index (χ1n) is 8.42. The van der Waals surface area contributed by atoms with Gasteiger partial charge in [0.25, 0.3) is 0 Å². The molecule has 0 saturated heterocycles. The maximum absolute atomic E-state index is 12.2. The third kappa shape index (κ3) is 2.68. The van der Waals surface area contributed by atoms with E-state index in [1.54, 1.807) is 25.3 Å². The smallest absolute Gasteiger partial charge is 0.323 e. The summed E-state index contributed by atoms with van der Waals surface area (Å²) in [6.45, 7) is 0. The normalized spacial score (nSPS) is 19.2. The highest BCUT2D eigenvalue weighted by atomic mass is 16.5. The molecule has 1 aliphatic heterocycles. The van der Waals surface area contributed by atoms with Gasteiger partial charge in [-0.2, -0.15) is 0 Å². The summed E-state index contributed by atoms with van der Waals surface area (Å²) < 4.78 is 10.3. The van der Waals surface area contributed by atoms with Crippen molar-refractivity contribution in [2.75, 3.05) is 14.2 Å². The lowest BCUT2D eigenvalue weighted by Gasteiger charge is -2.30. The van der Waals surface area contributed by atoms with Crippen LogP contribution in [0.3, 0.4) is 0 Å². The molecule has 6 heteroatoms. The van der Waals surface area contributed by atoms with E-state index in [1.165, 1.54) is 7.11 Å². The van der Waals surface area contributed by atoms with Crippen LogP contribution in [0.15, 0.2) is 42.5 Å². The summed E-state index contributed by atoms with van der Waals surface area (Å²) >= 11 is 0. The molecule has 1 aliphatic rings. The number of phenolic OH excluding ortho intramolecular Hbond substituents is 1. The SMILES string of the molecule is COC(=O)C1Cc2c([nH]c3ccc(OC)cc23)C(c2cccc(O)c2)N1. The molecule has 1 aromatic heterocycles. The van der Waals surface area contributed by atoms with E-state index in [0.29, 0.717) is 6.42 Å². The van der Waals surface area contributed by atoms with Crippen LogP contribution in [0.25, 0.3) is 10.9 Å². The Labute approximate surface area is 150 Å². The van der Waals surface area contributed by atoms with E-state index in [4.69, 9.17) is 9.47 Å². The molecule has 0 aliphatic carbocycles. The van der Waals surface area contributed by atoms with Crippen molar-refractivity contribution in [2.24, 2.45) is 0 Å². The van der Waals surface area contributed by atoms with Crippen LogP contribution < -0.4 is 10.1 Å². The minimum Gasteiger partial charge on any atom is -0.508 e. The van der Waals surface area contributed by atoms with Gasteiger partial charge in [0.15, 0.2) is 0 Å². The van der Waals surface area contributed by atoms with Crippen molar-refractivity contribution < 1.29 is 19.4 Å². The maximum Gasteiger partial charge on any atom is 0.323 e. The fourth-order valence-corrected chi connectivity index (χ4v) is 3.65. The van der Waals surface area contributed by atoms with Gasteiger partial charge in [-0.25, -0.2) is 0 Å². The molecular weight excluding hydrogens is 332 g/mol. The van der Waals surface area contributed by atoms with Crippen molar-refractivity contribution in [3.05, 3.63) is 59.3 Å². The average Bonchev–Trinajstić information content (AvgIpc) is 3.04. The summed E-state index contributed by atoms with van der Waals surface area (Å²) in [5, 5.41) is 14.2. The Bertz CT molecular complexity index is 979. The molecule has 2 unspecified atom stereocenters. The number of methoxy groups -OCH3 is 2. The van der Waals surface area contributed by atoms with Gasteiger partial charge in [0.05, 0.1) is 20.3 Å². The fourth-order valence-electron chi connectivity index (χ4n) is 3.65. The molecule has 0 bridgehead atoms. The Morgan fingerprint density at radius 3 is 2.77 bits per heavy atom. The van der Waals surface area contributed by atoms with Gasteiger partial charge in [0.1, 0.15) is 17.5 Å². The number of hydrogen-bond donors (Lipinski definition) is 3. The average molecular weight is 352 g/mol. The summed E-state index contributed by atoms with van der Waals surface area (Å²) in [7, 11) is 3.02. The molecule has 4 rings (SSSR count). The number of phenols is 1. The third-order valence-electron chi connectivity index (χ3n) is 4.90. The number of ether oxygens (including phenoxy) is 2. The van der Waals surface area contributed by atoms with Gasteiger partial charge in [-0.3, -0.25) is 10.1 Å². The molecule has 0 saturated carbocycles. The zero-order chi connectivity index (χ0) is 18.3. The summed E-state index contributed by atoms with van der Waals surface area (Å²) in [5.74, 6) is 0.642. The van der Waals surface area contributed by atoms with Gasteiger partial charge >= 0.3 is 5.97 Å². The number of carbonyl (C=O) groups excluding carboxylic acids is 1. The molecule has 2 atom stereocenters. The highest BCUT2D eigenvalue weighted by Crippen LogP contribution is 2.37. The molecule has 0 radical (unpaired) electrons. The quantitative estimate of drug-likeness (QED) is 0.631. The fraction of sp³-hybridized carbons (Fsp3) is 0.250. The third-order valence-corrected chi connectivity index (χ3v) is 4.90. The van der Waals surface area contributed by atoms with Crippen molar-refractivity contribution in [1.82, 2.24) is 10.3 Å². The molecule has 6 nitrogen and oxygen atoms in total. The van der Waals surface area contributed by atoms with Crippen LogP contribution in [0.5, 0.6) is 11.5 Å². The van der Waals surface area contributed by atoms with Crippen LogP contribution in [0, 0.1) is 0 Å². The number of esters is 1. The van der Waals surface area contributed by atoms with Crippen molar-refractivity contribution in [3.63, 3.8) is 0 Å². The van der Waals surface area contributed by atoms with Gasteiger partial charge < -0.3 is 19.6 Å². The summed E-state index contributed by atoms with van der Waals surface area (Å²) in [6, 6.07) is 12.2. The largest absolute Gasteiger partial charge is 0.508 e. The Kier molecular flexibility index (Phi) is 4.05. The summed E-state index contributed by atoms with van der Waals surface area (Å²) in [5.41, 5.74) is 3.90. The lowest BCUT2D eigenvalue weighted by Crippen LogP contribution is -2.45. The molecule has 0 fully saturated rings. The second-order valence-electron chi connectivity index (χ2n) is 6.40. The Balaban J connectivity index is 1.89. The van der Waals surface area contributed by atoms with E-state index in [0.717, 1.165) is 33.5 Å². The van der Waals surface area contributed by atoms with E-state index in [1.807, 2.05) is 24.3 Å². The van der Waals surface area contributed by atoms with Crippen LogP contribution in [0.4, 0.5) is 0 Å². The molecular formula is C20H20N2O4. The topological polar surface area (TPSA) is 83.6 Å². The first kappa shape index (κ1) is 16.5. The molecule has 2 heterocycles. The number of benzene rings is 2. The number of aromatic amines is 1. The second-order valence-corrected chi connectivity index (χ2v) is 6.40. The van der Waals surface area contributed by atoms with Crippen LogP contribution in [0.1, 0.15) is 22.9 Å². The lowest BCUT2D eigenvalue weighted by molar-refractivity contribution is -0.143. The highest BCUT2D eigenvalue weighted by Gasteiger charge is 2.34. The Morgan fingerprint density at radius 1 is 1.19 bits per heavy atom. The van der Waals surface area contributed by atoms with Gasteiger partial charge in [-0.1, -0.05) is 12.1 Å². The van der Waals surface area contributed by atoms with Gasteiger partial charge in [-0.15, -0.1) is 0 Å². The van der Waals surface area contributed by atoms with E-state index in [2.05, 4.69) is 10.3 Å². The predicted molar refractivity (Wildman–Crippen MR) is 97.4 cm³/mol. The molecule has 26 heavy (non-hydrogen) atoms. The first-order valence-corrected chi connectivity index (χ1v) is 8.42. The lowest BCUT2D eigenvalue weighted by atomic mass is 9.90. The second kappa shape index (κ2) is 6.38. The number of nitrogens with one attached hydrogen (secondary N) is 2. The Hall–Kier alpha value is -2.99. The minimum atomic E-state index is -0.468. The number of carbonyl (C=O) groups is 1. The number of H-pyrrole nitrogens is 1. The minimum absolute atomic E-state index is 0.184. The number of hydrogen-bond acceptors (Lipinski definition) is 5. The van der Waals surface area contributed by atoms with Crippen LogP contribution in [-0.4, -0.2) is 36.3 Å². The van der Waals surface area contributed by atoms with Crippen LogP contribution in [0.2, 0.25) is 0 Å². The first-order chi connectivity index (χ1) is 12.6. The van der Waals surface area contributed by atoms with Gasteiger partial charge in [-0.05, 0) is 41.5 Å². The Morgan fingerprint density at radius 2 is 2.04 bits per heavy atom. The molecule has 0 amide bonds. The van der Waals surface area contributed by atoms with Crippen LogP contribution >= 0.6 is 0 Å². The van der Waals surface area contributed by atoms with Gasteiger partial charge in [0.2, 0.25) is 0 Å². The molecule has 3 aromatic rings. The molecule has 134 valence electrons.